The van der Waals surface area contributed by atoms with Gasteiger partial charge in [-0.25, -0.2) is 0 Å². The summed E-state index contributed by atoms with van der Waals surface area (Å²) in [6, 6.07) is 0. The van der Waals surface area contributed by atoms with E-state index in [2.05, 4.69) is 6.92 Å². The van der Waals surface area contributed by atoms with Gasteiger partial charge in [-0.3, -0.25) is 9.59 Å². The van der Waals surface area contributed by atoms with Gasteiger partial charge in [0.25, 0.3) is 0 Å². The van der Waals surface area contributed by atoms with E-state index in [0.717, 1.165) is 19.3 Å². The van der Waals surface area contributed by atoms with Crippen molar-refractivity contribution in [1.29, 1.82) is 0 Å². The Bertz CT molecular complexity index is 498. The van der Waals surface area contributed by atoms with Gasteiger partial charge in [-0.1, -0.05) is 33.1 Å². The average molecular weight is 436 g/mol. The number of unbranched alkanes of at least 4 members (excludes halogenated alkanes) is 3. The van der Waals surface area contributed by atoms with E-state index in [9.17, 15) is 30.0 Å². The molecular formula is C20H36O10. The van der Waals surface area contributed by atoms with Gasteiger partial charge in [0.2, 0.25) is 0 Å². The molecule has 1 aliphatic heterocycles. The Kier molecular flexibility index (Phi) is 13.1. The standard InChI is InChI=1S/C20H36O10/c1-3-5-6-7-9-16(23)29-13(11-27-15(22)8-4-2)12-28-20-19(26)18(25)17(24)14(10-21)30-20/h13-14,17-21,24-26H,3-12H2,1-2H3. The molecule has 4 N–H and O–H groups in total. The summed E-state index contributed by atoms with van der Waals surface area (Å²) in [6.45, 7) is 2.81. The molecule has 0 radical (unpaired) electrons. The van der Waals surface area contributed by atoms with Crippen LogP contribution in [0.15, 0.2) is 0 Å². The van der Waals surface area contributed by atoms with Gasteiger partial charge in [0.05, 0.1) is 13.2 Å². The van der Waals surface area contributed by atoms with Gasteiger partial charge < -0.3 is 39.4 Å². The fraction of sp³-hybridized carbons (Fsp3) is 0.900. The number of aliphatic hydroxyl groups excluding tert-OH is 4. The first-order chi connectivity index (χ1) is 14.3. The molecule has 0 spiro atoms. The van der Waals surface area contributed by atoms with Crippen molar-refractivity contribution >= 4 is 11.9 Å². The Hall–Kier alpha value is -1.30. The molecule has 1 aliphatic rings. The monoisotopic (exact) mass is 436 g/mol. The van der Waals surface area contributed by atoms with Gasteiger partial charge in [-0.2, -0.15) is 0 Å². The third kappa shape index (κ3) is 9.23. The van der Waals surface area contributed by atoms with Crippen LogP contribution in [0.25, 0.3) is 0 Å². The number of ether oxygens (including phenoxy) is 4. The molecule has 10 nitrogen and oxygen atoms in total. The van der Waals surface area contributed by atoms with Crippen LogP contribution in [-0.2, 0) is 28.5 Å². The quantitative estimate of drug-likeness (QED) is 0.217. The average Bonchev–Trinajstić information content (AvgIpc) is 2.72. The van der Waals surface area contributed by atoms with E-state index in [4.69, 9.17) is 18.9 Å². The summed E-state index contributed by atoms with van der Waals surface area (Å²) >= 11 is 0. The Morgan fingerprint density at radius 2 is 1.63 bits per heavy atom. The number of esters is 2. The molecule has 0 aromatic rings. The fourth-order valence-corrected chi connectivity index (χ4v) is 2.93. The lowest BCUT2D eigenvalue weighted by Crippen LogP contribution is -2.59. The Morgan fingerprint density at radius 1 is 0.900 bits per heavy atom. The van der Waals surface area contributed by atoms with Crippen LogP contribution in [0.4, 0.5) is 0 Å². The van der Waals surface area contributed by atoms with E-state index < -0.39 is 55.4 Å². The molecule has 1 heterocycles. The third-order valence-corrected chi connectivity index (χ3v) is 4.71. The molecule has 0 aromatic heterocycles. The van der Waals surface area contributed by atoms with Crippen LogP contribution >= 0.6 is 0 Å². The van der Waals surface area contributed by atoms with Crippen molar-refractivity contribution in [1.82, 2.24) is 0 Å². The second kappa shape index (κ2) is 14.7. The maximum atomic E-state index is 12.1. The van der Waals surface area contributed by atoms with Crippen molar-refractivity contribution < 1.29 is 49.0 Å². The number of carbonyl (C=O) groups is 2. The molecule has 6 unspecified atom stereocenters. The molecule has 1 rings (SSSR count). The minimum atomic E-state index is -1.58. The fourth-order valence-electron chi connectivity index (χ4n) is 2.93. The second-order valence-corrected chi connectivity index (χ2v) is 7.39. The number of carbonyl (C=O) groups excluding carboxylic acids is 2. The molecule has 0 aromatic carbocycles. The molecule has 1 fully saturated rings. The predicted molar refractivity (Wildman–Crippen MR) is 104 cm³/mol. The summed E-state index contributed by atoms with van der Waals surface area (Å²) in [6.07, 6.45) is -3.36. The van der Waals surface area contributed by atoms with E-state index in [1.807, 2.05) is 6.92 Å². The summed E-state index contributed by atoms with van der Waals surface area (Å²) in [4.78, 5) is 23.7. The number of rotatable bonds is 14. The highest BCUT2D eigenvalue weighted by Crippen LogP contribution is 2.22. The zero-order chi connectivity index (χ0) is 22.5. The SMILES string of the molecule is CCCCCCC(=O)OC(COC(=O)CCC)COC1OC(CO)C(O)C(O)C1O. The van der Waals surface area contributed by atoms with Crippen LogP contribution in [0, 0.1) is 0 Å². The summed E-state index contributed by atoms with van der Waals surface area (Å²) < 4.78 is 21.1. The lowest BCUT2D eigenvalue weighted by molar-refractivity contribution is -0.305. The van der Waals surface area contributed by atoms with Crippen LogP contribution in [0.2, 0.25) is 0 Å². The molecule has 6 atom stereocenters. The smallest absolute Gasteiger partial charge is 0.306 e. The molecule has 0 amide bonds. The maximum Gasteiger partial charge on any atom is 0.306 e. The molecule has 1 saturated heterocycles. The van der Waals surface area contributed by atoms with Crippen molar-refractivity contribution in [3.05, 3.63) is 0 Å². The van der Waals surface area contributed by atoms with Crippen molar-refractivity contribution in [3.8, 4) is 0 Å². The van der Waals surface area contributed by atoms with Crippen molar-refractivity contribution in [3.63, 3.8) is 0 Å². The van der Waals surface area contributed by atoms with Crippen LogP contribution < -0.4 is 0 Å². The lowest BCUT2D eigenvalue weighted by atomic mass is 9.99. The Morgan fingerprint density at radius 3 is 2.27 bits per heavy atom. The van der Waals surface area contributed by atoms with Crippen molar-refractivity contribution in [2.75, 3.05) is 19.8 Å². The van der Waals surface area contributed by atoms with Crippen molar-refractivity contribution in [2.24, 2.45) is 0 Å². The van der Waals surface area contributed by atoms with Gasteiger partial charge in [-0.15, -0.1) is 0 Å². The summed E-state index contributed by atoms with van der Waals surface area (Å²) in [7, 11) is 0. The topological polar surface area (TPSA) is 152 Å². The van der Waals surface area contributed by atoms with Crippen LogP contribution in [0.5, 0.6) is 0 Å². The van der Waals surface area contributed by atoms with Crippen LogP contribution in [-0.4, -0.2) is 89.0 Å². The van der Waals surface area contributed by atoms with Gasteiger partial charge in [-0.05, 0) is 12.8 Å². The van der Waals surface area contributed by atoms with Gasteiger partial charge in [0.15, 0.2) is 12.4 Å². The largest absolute Gasteiger partial charge is 0.462 e. The highest BCUT2D eigenvalue weighted by Gasteiger charge is 2.44. The van der Waals surface area contributed by atoms with E-state index in [1.54, 1.807) is 0 Å². The molecule has 30 heavy (non-hydrogen) atoms. The van der Waals surface area contributed by atoms with Crippen LogP contribution in [0.3, 0.4) is 0 Å². The number of hydrogen-bond donors (Lipinski definition) is 4. The summed E-state index contributed by atoms with van der Waals surface area (Å²) in [5.41, 5.74) is 0. The maximum absolute atomic E-state index is 12.1. The zero-order valence-electron chi connectivity index (χ0n) is 17.8. The first kappa shape index (κ1) is 26.7. The number of hydrogen-bond acceptors (Lipinski definition) is 10. The molecule has 0 saturated carbocycles. The van der Waals surface area contributed by atoms with Gasteiger partial charge in [0, 0.05) is 12.8 Å². The second-order valence-electron chi connectivity index (χ2n) is 7.39. The molecule has 10 heteroatoms. The van der Waals surface area contributed by atoms with Gasteiger partial charge in [0.1, 0.15) is 31.0 Å². The highest BCUT2D eigenvalue weighted by atomic mass is 16.7. The zero-order valence-corrected chi connectivity index (χ0v) is 17.8. The summed E-state index contributed by atoms with van der Waals surface area (Å²) in [5, 5.41) is 38.9. The molecule has 0 bridgehead atoms. The first-order valence-electron chi connectivity index (χ1n) is 10.6. The Balaban J connectivity index is 2.62. The van der Waals surface area contributed by atoms with E-state index >= 15 is 0 Å². The predicted octanol–water partition coefficient (Wildman–Crippen LogP) is 0.0284. The molecule has 0 aliphatic carbocycles. The van der Waals surface area contributed by atoms with Gasteiger partial charge >= 0.3 is 11.9 Å². The Labute approximate surface area is 177 Å². The minimum Gasteiger partial charge on any atom is -0.462 e. The minimum absolute atomic E-state index is 0.222. The third-order valence-electron chi connectivity index (χ3n) is 4.71. The first-order valence-corrected chi connectivity index (χ1v) is 10.6. The van der Waals surface area contributed by atoms with Crippen LogP contribution in [0.1, 0.15) is 58.8 Å². The highest BCUT2D eigenvalue weighted by molar-refractivity contribution is 5.70. The lowest BCUT2D eigenvalue weighted by Gasteiger charge is -2.39. The molecular weight excluding hydrogens is 400 g/mol. The van der Waals surface area contributed by atoms with E-state index in [-0.39, 0.29) is 26.1 Å². The van der Waals surface area contributed by atoms with Crippen molar-refractivity contribution in [2.45, 2.75) is 95.6 Å². The normalized spacial score (nSPS) is 27.5. The van der Waals surface area contributed by atoms with E-state index in [0.29, 0.717) is 12.8 Å². The summed E-state index contributed by atoms with van der Waals surface area (Å²) in [5.74, 6) is -0.894. The molecule has 176 valence electrons. The van der Waals surface area contributed by atoms with E-state index in [1.165, 1.54) is 0 Å². The number of aliphatic hydroxyl groups is 4.